The molecule has 29 heavy (non-hydrogen) atoms. The number of furan rings is 1. The molecule has 0 saturated heterocycles. The molecule has 0 radical (unpaired) electrons. The zero-order valence-electron chi connectivity index (χ0n) is 15.6. The summed E-state index contributed by atoms with van der Waals surface area (Å²) in [4.78, 5) is 4.75. The van der Waals surface area contributed by atoms with Gasteiger partial charge >= 0.3 is 0 Å². The fourth-order valence-electron chi connectivity index (χ4n) is 3.45. The number of aryl methyl sites for hydroxylation is 1. The van der Waals surface area contributed by atoms with Gasteiger partial charge in [-0.25, -0.2) is 17.4 Å². The molecule has 0 bridgehead atoms. The zero-order valence-corrected chi connectivity index (χ0v) is 16.4. The molecule has 0 fully saturated rings. The van der Waals surface area contributed by atoms with Gasteiger partial charge in [0, 0.05) is 59.5 Å². The van der Waals surface area contributed by atoms with Crippen LogP contribution in [0.1, 0.15) is 0 Å². The molecule has 0 amide bonds. The molecule has 0 saturated carbocycles. The first-order chi connectivity index (χ1) is 14.0. The van der Waals surface area contributed by atoms with Gasteiger partial charge < -0.3 is 8.98 Å². The SMILES string of the molecule is Cn1ccc(-c2cnc3c(c2)c(-c2ccoc2)cn3S(=O)(=O)c2ccccc2)c1. The Balaban J connectivity index is 1.78. The van der Waals surface area contributed by atoms with E-state index in [2.05, 4.69) is 4.98 Å². The van der Waals surface area contributed by atoms with Crippen LogP contribution in [0, 0.1) is 0 Å². The van der Waals surface area contributed by atoms with Crippen LogP contribution in [0.5, 0.6) is 0 Å². The first kappa shape index (κ1) is 17.5. The number of nitrogens with zero attached hydrogens (tertiary/aromatic N) is 3. The Morgan fingerprint density at radius 2 is 1.79 bits per heavy atom. The first-order valence-corrected chi connectivity index (χ1v) is 10.4. The molecular weight excluding hydrogens is 386 g/mol. The van der Waals surface area contributed by atoms with Gasteiger partial charge in [-0.2, -0.15) is 0 Å². The molecule has 0 aliphatic carbocycles. The topological polar surface area (TPSA) is 70.0 Å². The van der Waals surface area contributed by atoms with Gasteiger partial charge in [0.2, 0.25) is 0 Å². The molecule has 0 atom stereocenters. The molecule has 0 N–H and O–H groups in total. The molecular formula is C22H17N3O3S. The summed E-state index contributed by atoms with van der Waals surface area (Å²) in [5, 5.41) is 0.743. The van der Waals surface area contributed by atoms with Crippen molar-refractivity contribution in [3.8, 4) is 22.3 Å². The fourth-order valence-corrected chi connectivity index (χ4v) is 4.79. The fraction of sp³-hybridized carbons (Fsp3) is 0.0455. The second-order valence-electron chi connectivity index (χ2n) is 6.83. The van der Waals surface area contributed by atoms with Crippen molar-refractivity contribution in [2.24, 2.45) is 7.05 Å². The zero-order chi connectivity index (χ0) is 20.0. The number of fused-ring (bicyclic) bond motifs is 1. The van der Waals surface area contributed by atoms with Crippen molar-refractivity contribution in [2.45, 2.75) is 4.90 Å². The predicted molar refractivity (Wildman–Crippen MR) is 111 cm³/mol. The predicted octanol–water partition coefficient (Wildman–Crippen LogP) is 4.54. The number of hydrogen-bond donors (Lipinski definition) is 0. The number of pyridine rings is 1. The van der Waals surface area contributed by atoms with Gasteiger partial charge in [0.15, 0.2) is 5.65 Å². The van der Waals surface area contributed by atoms with E-state index in [4.69, 9.17) is 4.42 Å². The second kappa shape index (κ2) is 6.49. The maximum Gasteiger partial charge on any atom is 0.269 e. The minimum atomic E-state index is -3.79. The van der Waals surface area contributed by atoms with Crippen LogP contribution in [0.4, 0.5) is 0 Å². The van der Waals surface area contributed by atoms with E-state index in [1.54, 1.807) is 55.3 Å². The summed E-state index contributed by atoms with van der Waals surface area (Å²) in [5.74, 6) is 0. The lowest BCUT2D eigenvalue weighted by Crippen LogP contribution is -2.12. The molecule has 0 aliphatic heterocycles. The highest BCUT2D eigenvalue weighted by Crippen LogP contribution is 2.34. The summed E-state index contributed by atoms with van der Waals surface area (Å²) in [6, 6.07) is 14.1. The summed E-state index contributed by atoms with van der Waals surface area (Å²) in [6.45, 7) is 0. The van der Waals surface area contributed by atoms with Crippen LogP contribution >= 0.6 is 0 Å². The van der Waals surface area contributed by atoms with Crippen molar-refractivity contribution in [3.05, 3.63) is 85.8 Å². The highest BCUT2D eigenvalue weighted by atomic mass is 32.2. The molecule has 5 rings (SSSR count). The van der Waals surface area contributed by atoms with Gasteiger partial charge in [0.05, 0.1) is 17.4 Å². The van der Waals surface area contributed by atoms with Crippen LogP contribution in [0.15, 0.2) is 95.2 Å². The lowest BCUT2D eigenvalue weighted by atomic mass is 10.1. The summed E-state index contributed by atoms with van der Waals surface area (Å²) in [6.07, 6.45) is 10.4. The Morgan fingerprint density at radius 3 is 2.48 bits per heavy atom. The minimum Gasteiger partial charge on any atom is -0.472 e. The number of benzene rings is 1. The third-order valence-corrected chi connectivity index (χ3v) is 6.57. The van der Waals surface area contributed by atoms with Gasteiger partial charge in [-0.1, -0.05) is 18.2 Å². The molecule has 0 spiro atoms. The van der Waals surface area contributed by atoms with Crippen LogP contribution in [-0.2, 0) is 17.1 Å². The summed E-state index contributed by atoms with van der Waals surface area (Å²) >= 11 is 0. The highest BCUT2D eigenvalue weighted by Gasteiger charge is 2.23. The second-order valence-corrected chi connectivity index (χ2v) is 8.64. The molecule has 7 heteroatoms. The molecule has 4 heterocycles. The molecule has 4 aromatic heterocycles. The maximum absolute atomic E-state index is 13.3. The van der Waals surface area contributed by atoms with Crippen LogP contribution in [0.3, 0.4) is 0 Å². The first-order valence-electron chi connectivity index (χ1n) is 9.01. The summed E-state index contributed by atoms with van der Waals surface area (Å²) < 4.78 is 35.0. The Morgan fingerprint density at radius 1 is 0.966 bits per heavy atom. The third kappa shape index (κ3) is 2.87. The molecule has 6 nitrogen and oxygen atoms in total. The number of rotatable bonds is 4. The smallest absolute Gasteiger partial charge is 0.269 e. The monoisotopic (exact) mass is 403 g/mol. The Kier molecular flexibility index (Phi) is 3.92. The van der Waals surface area contributed by atoms with Crippen molar-refractivity contribution in [2.75, 3.05) is 0 Å². The average molecular weight is 403 g/mol. The van der Waals surface area contributed by atoms with Crippen molar-refractivity contribution < 1.29 is 12.8 Å². The van der Waals surface area contributed by atoms with E-state index in [-0.39, 0.29) is 4.90 Å². The van der Waals surface area contributed by atoms with E-state index in [1.165, 1.54) is 3.97 Å². The number of aromatic nitrogens is 3. The Bertz CT molecular complexity index is 1410. The van der Waals surface area contributed by atoms with E-state index in [9.17, 15) is 8.42 Å². The minimum absolute atomic E-state index is 0.213. The van der Waals surface area contributed by atoms with Crippen LogP contribution in [0.2, 0.25) is 0 Å². The van der Waals surface area contributed by atoms with E-state index in [0.717, 1.165) is 27.6 Å². The third-order valence-electron chi connectivity index (χ3n) is 4.91. The van der Waals surface area contributed by atoms with Crippen LogP contribution in [-0.4, -0.2) is 21.9 Å². The van der Waals surface area contributed by atoms with Gasteiger partial charge in [-0.05, 0) is 30.3 Å². The molecule has 144 valence electrons. The van der Waals surface area contributed by atoms with E-state index in [0.29, 0.717) is 5.65 Å². The van der Waals surface area contributed by atoms with Gasteiger partial charge in [-0.3, -0.25) is 0 Å². The lowest BCUT2D eigenvalue weighted by Gasteiger charge is -2.07. The van der Waals surface area contributed by atoms with Crippen molar-refractivity contribution in [1.82, 2.24) is 13.5 Å². The van der Waals surface area contributed by atoms with E-state index >= 15 is 0 Å². The maximum atomic E-state index is 13.3. The Labute approximate surface area is 167 Å². The lowest BCUT2D eigenvalue weighted by molar-refractivity contribution is 0.568. The summed E-state index contributed by atoms with van der Waals surface area (Å²) in [7, 11) is -1.84. The van der Waals surface area contributed by atoms with Crippen LogP contribution < -0.4 is 0 Å². The van der Waals surface area contributed by atoms with E-state index in [1.807, 2.05) is 42.2 Å². The normalized spacial score (nSPS) is 11.9. The Hall–Kier alpha value is -3.58. The van der Waals surface area contributed by atoms with Crippen molar-refractivity contribution in [1.29, 1.82) is 0 Å². The quantitative estimate of drug-likeness (QED) is 0.442. The van der Waals surface area contributed by atoms with E-state index < -0.39 is 10.0 Å². The van der Waals surface area contributed by atoms with Gasteiger partial charge in [0.25, 0.3) is 10.0 Å². The molecule has 0 aliphatic rings. The van der Waals surface area contributed by atoms with Crippen molar-refractivity contribution >= 4 is 21.1 Å². The largest absolute Gasteiger partial charge is 0.472 e. The van der Waals surface area contributed by atoms with Gasteiger partial charge in [-0.15, -0.1) is 0 Å². The van der Waals surface area contributed by atoms with Gasteiger partial charge in [0.1, 0.15) is 0 Å². The molecule has 5 aromatic rings. The van der Waals surface area contributed by atoms with Crippen LogP contribution in [0.25, 0.3) is 33.3 Å². The molecule has 0 unspecified atom stereocenters. The summed E-state index contributed by atoms with van der Waals surface area (Å²) in [5.41, 5.74) is 3.85. The molecule has 1 aromatic carbocycles. The highest BCUT2D eigenvalue weighted by molar-refractivity contribution is 7.90. The standard InChI is InChI=1S/C22H17N3O3S/c1-24-9-7-16(13-24)18-11-20-21(17-8-10-28-15-17)14-25(22(20)23-12-18)29(26,27)19-5-3-2-4-6-19/h2-15H,1H3. The average Bonchev–Trinajstić information content (AvgIpc) is 3.47. The number of hydrogen-bond acceptors (Lipinski definition) is 4. The van der Waals surface area contributed by atoms with Crippen molar-refractivity contribution in [3.63, 3.8) is 0 Å².